The molecule has 0 radical (unpaired) electrons. The van der Waals surface area contributed by atoms with E-state index in [1.165, 1.54) is 65.3 Å². The monoisotopic (exact) mass is 414 g/mol. The van der Waals surface area contributed by atoms with Crippen molar-refractivity contribution < 1.29 is 0 Å². The van der Waals surface area contributed by atoms with Gasteiger partial charge in [0.05, 0.1) is 5.38 Å². The van der Waals surface area contributed by atoms with Crippen LogP contribution in [0.25, 0.3) is 43.1 Å². The van der Waals surface area contributed by atoms with E-state index in [9.17, 15) is 0 Å². The van der Waals surface area contributed by atoms with Gasteiger partial charge >= 0.3 is 0 Å². The molecule has 146 valence electrons. The lowest BCUT2D eigenvalue weighted by molar-refractivity contribution is 0.986. The van der Waals surface area contributed by atoms with Crippen LogP contribution in [-0.2, 0) is 6.42 Å². The summed E-state index contributed by atoms with van der Waals surface area (Å²) >= 11 is 7.11. The maximum Gasteiger partial charge on any atom is 0.0841 e. The topological polar surface area (TPSA) is 0 Å². The molecule has 0 N–H and O–H groups in total. The van der Waals surface area contributed by atoms with Gasteiger partial charge in [0.25, 0.3) is 0 Å². The van der Waals surface area contributed by atoms with E-state index in [0.29, 0.717) is 0 Å². The van der Waals surface area contributed by atoms with Gasteiger partial charge in [-0.15, -0.1) is 11.6 Å². The highest BCUT2D eigenvalue weighted by Crippen LogP contribution is 2.43. The minimum absolute atomic E-state index is 0.120. The first-order chi connectivity index (χ1) is 15.2. The molecule has 0 aromatic heterocycles. The van der Waals surface area contributed by atoms with E-state index < -0.39 is 0 Å². The van der Waals surface area contributed by atoms with E-state index in [-0.39, 0.29) is 5.38 Å². The van der Waals surface area contributed by atoms with Gasteiger partial charge in [-0.1, -0.05) is 60.7 Å². The molecule has 0 aliphatic heterocycles. The number of benzene rings is 6. The van der Waals surface area contributed by atoms with Crippen LogP contribution in [0.15, 0.2) is 97.1 Å². The molecular weight excluding hydrogens is 396 g/mol. The van der Waals surface area contributed by atoms with Crippen LogP contribution >= 0.6 is 11.6 Å². The van der Waals surface area contributed by atoms with Crippen molar-refractivity contribution in [3.8, 4) is 0 Å². The van der Waals surface area contributed by atoms with Gasteiger partial charge in [0.1, 0.15) is 0 Å². The van der Waals surface area contributed by atoms with E-state index in [0.717, 1.165) is 6.42 Å². The first-order valence-electron chi connectivity index (χ1n) is 10.8. The van der Waals surface area contributed by atoms with Crippen LogP contribution < -0.4 is 0 Å². The van der Waals surface area contributed by atoms with Crippen LogP contribution in [0.4, 0.5) is 0 Å². The zero-order chi connectivity index (χ0) is 20.5. The first-order valence-corrected chi connectivity index (χ1v) is 11.2. The highest BCUT2D eigenvalue weighted by molar-refractivity contribution is 6.23. The van der Waals surface area contributed by atoms with Crippen molar-refractivity contribution in [2.24, 2.45) is 0 Å². The summed E-state index contributed by atoms with van der Waals surface area (Å²) < 4.78 is 0. The Labute approximate surface area is 185 Å². The van der Waals surface area contributed by atoms with Gasteiger partial charge in [-0.05, 0) is 108 Å². The molecule has 6 aromatic carbocycles. The van der Waals surface area contributed by atoms with Crippen LogP contribution in [0.2, 0.25) is 0 Å². The number of hydrogen-bond acceptors (Lipinski definition) is 0. The molecule has 7 rings (SSSR count). The summed E-state index contributed by atoms with van der Waals surface area (Å²) in [6.07, 6.45) is 0.930. The Morgan fingerprint density at radius 3 is 1.19 bits per heavy atom. The molecule has 1 heteroatoms. The van der Waals surface area contributed by atoms with E-state index in [2.05, 4.69) is 97.1 Å². The van der Waals surface area contributed by atoms with Gasteiger partial charge in [0.15, 0.2) is 0 Å². The molecule has 0 spiro atoms. The van der Waals surface area contributed by atoms with E-state index in [4.69, 9.17) is 11.6 Å². The summed E-state index contributed by atoms with van der Waals surface area (Å²) in [5.74, 6) is 0. The lowest BCUT2D eigenvalue weighted by Crippen LogP contribution is -2.10. The predicted octanol–water partition coefficient (Wildman–Crippen LogP) is 8.53. The van der Waals surface area contributed by atoms with Crippen LogP contribution in [-0.4, -0.2) is 0 Å². The van der Waals surface area contributed by atoms with E-state index >= 15 is 0 Å². The molecule has 0 atom stereocenters. The molecule has 0 saturated carbocycles. The molecule has 0 bridgehead atoms. The predicted molar refractivity (Wildman–Crippen MR) is 133 cm³/mol. The van der Waals surface area contributed by atoms with Crippen molar-refractivity contribution in [1.29, 1.82) is 0 Å². The molecule has 0 fully saturated rings. The average molecular weight is 415 g/mol. The Hall–Kier alpha value is -3.35. The molecule has 31 heavy (non-hydrogen) atoms. The largest absolute Gasteiger partial charge is 0.113 e. The number of rotatable bonds is 0. The van der Waals surface area contributed by atoms with Crippen molar-refractivity contribution in [3.63, 3.8) is 0 Å². The normalized spacial score (nSPS) is 13.7. The second-order valence-electron chi connectivity index (χ2n) is 8.73. The molecule has 1 aliphatic rings. The summed E-state index contributed by atoms with van der Waals surface area (Å²) in [7, 11) is 0. The Bertz CT molecular complexity index is 1550. The molecule has 0 amide bonds. The summed E-state index contributed by atoms with van der Waals surface area (Å²) in [4.78, 5) is 0. The fraction of sp³-hybridized carbons (Fsp3) is 0.0667. The third kappa shape index (κ3) is 2.62. The lowest BCUT2D eigenvalue weighted by atomic mass is 9.82. The maximum atomic E-state index is 7.11. The molecule has 0 saturated heterocycles. The fourth-order valence-corrected chi connectivity index (χ4v) is 5.67. The zero-order valence-corrected chi connectivity index (χ0v) is 17.7. The summed E-state index contributed by atoms with van der Waals surface area (Å²) in [5.41, 5.74) is 5.18. The van der Waals surface area contributed by atoms with Gasteiger partial charge in [-0.2, -0.15) is 0 Å². The maximum absolute atomic E-state index is 7.11. The lowest BCUT2D eigenvalue weighted by Gasteiger charge is -2.26. The highest BCUT2D eigenvalue weighted by atomic mass is 35.5. The Balaban J connectivity index is 1.44. The van der Waals surface area contributed by atoms with Gasteiger partial charge in [0, 0.05) is 0 Å². The smallest absolute Gasteiger partial charge is 0.0841 e. The molecule has 0 unspecified atom stereocenters. The minimum Gasteiger partial charge on any atom is -0.113 e. The summed E-state index contributed by atoms with van der Waals surface area (Å²) in [6, 6.07) is 35.6. The van der Waals surface area contributed by atoms with Crippen molar-refractivity contribution in [2.45, 2.75) is 11.8 Å². The quantitative estimate of drug-likeness (QED) is 0.172. The number of fused-ring (bicyclic) bond motifs is 6. The third-order valence-electron chi connectivity index (χ3n) is 6.85. The van der Waals surface area contributed by atoms with Crippen molar-refractivity contribution in [3.05, 3.63) is 119 Å². The van der Waals surface area contributed by atoms with Crippen LogP contribution in [0.5, 0.6) is 0 Å². The second-order valence-corrected chi connectivity index (χ2v) is 9.17. The highest BCUT2D eigenvalue weighted by Gasteiger charge is 2.25. The van der Waals surface area contributed by atoms with Gasteiger partial charge in [-0.3, -0.25) is 0 Å². The minimum atomic E-state index is -0.120. The number of halogens is 1. The van der Waals surface area contributed by atoms with Gasteiger partial charge in [-0.25, -0.2) is 0 Å². The van der Waals surface area contributed by atoms with Crippen LogP contribution in [0, 0.1) is 0 Å². The SMILES string of the molecule is ClC1c2cc3cc4ccccc4cc3cc2Cc2cc3cc4ccccc4cc3cc21. The van der Waals surface area contributed by atoms with E-state index in [1.807, 2.05) is 0 Å². The van der Waals surface area contributed by atoms with Crippen LogP contribution in [0.3, 0.4) is 0 Å². The average Bonchev–Trinajstić information content (AvgIpc) is 2.79. The zero-order valence-electron chi connectivity index (χ0n) is 16.9. The van der Waals surface area contributed by atoms with Crippen molar-refractivity contribution in [1.82, 2.24) is 0 Å². The van der Waals surface area contributed by atoms with E-state index in [1.54, 1.807) is 0 Å². The summed E-state index contributed by atoms with van der Waals surface area (Å²) in [5, 5.41) is 10.1. The standard InChI is InChI=1S/C30H19Cl/c31-30-28-16-24-11-20-7-3-1-5-18(20)9-22(24)13-26(28)15-27-14-23-10-19-6-2-4-8-21(19)12-25(23)17-29(27)30/h1-14,16-17,30H,15H2. The Morgan fingerprint density at radius 2 is 0.806 bits per heavy atom. The van der Waals surface area contributed by atoms with Crippen LogP contribution in [0.1, 0.15) is 27.6 Å². The Morgan fingerprint density at radius 1 is 0.452 bits per heavy atom. The molecular formula is C30H19Cl. The van der Waals surface area contributed by atoms with Crippen molar-refractivity contribution in [2.75, 3.05) is 0 Å². The number of hydrogen-bond donors (Lipinski definition) is 0. The molecule has 1 aliphatic carbocycles. The van der Waals surface area contributed by atoms with Gasteiger partial charge in [0.2, 0.25) is 0 Å². The Kier molecular flexibility index (Phi) is 3.54. The summed E-state index contributed by atoms with van der Waals surface area (Å²) in [6.45, 7) is 0. The molecule has 6 aromatic rings. The molecule has 0 nitrogen and oxygen atoms in total. The third-order valence-corrected chi connectivity index (χ3v) is 7.32. The first kappa shape index (κ1) is 17.3. The van der Waals surface area contributed by atoms with Gasteiger partial charge < -0.3 is 0 Å². The second kappa shape index (κ2) is 6.33. The molecule has 0 heterocycles. The number of alkyl halides is 1. The fourth-order valence-electron chi connectivity index (χ4n) is 5.26. The van der Waals surface area contributed by atoms with Crippen molar-refractivity contribution >= 4 is 54.7 Å².